The summed E-state index contributed by atoms with van der Waals surface area (Å²) in [5.41, 5.74) is -0.397. The van der Waals surface area contributed by atoms with Gasteiger partial charge in [-0.3, -0.25) is 4.55 Å². The lowest BCUT2D eigenvalue weighted by Gasteiger charge is -2.34. The highest BCUT2D eigenvalue weighted by Crippen LogP contribution is 2.51. The van der Waals surface area contributed by atoms with Gasteiger partial charge in [0.15, 0.2) is 4.75 Å². The van der Waals surface area contributed by atoms with Crippen LogP contribution in [0.1, 0.15) is 16.7 Å². The number of aromatic hydroxyl groups is 2. The van der Waals surface area contributed by atoms with E-state index in [1.807, 2.05) is 0 Å². The standard InChI is InChI=1S/C19H12Cl4O5S/c20-11-6-4-10(5-7-11)19(29(26,27)28,12-2-1-3-16(24)18(12)23)13-8-17(25)15(22)9-14(13)21/h1-9,24-25H,(H,26,27,28). The van der Waals surface area contributed by atoms with E-state index in [1.165, 1.54) is 42.5 Å². The van der Waals surface area contributed by atoms with Crippen molar-refractivity contribution in [3.05, 3.63) is 91.4 Å². The maximum Gasteiger partial charge on any atom is 0.283 e. The van der Waals surface area contributed by atoms with Gasteiger partial charge >= 0.3 is 0 Å². The summed E-state index contributed by atoms with van der Waals surface area (Å²) in [5.74, 6) is -0.884. The number of benzene rings is 3. The van der Waals surface area contributed by atoms with E-state index in [-0.39, 0.29) is 31.8 Å². The average Bonchev–Trinajstić information content (AvgIpc) is 2.63. The summed E-state index contributed by atoms with van der Waals surface area (Å²) in [6, 6.07) is 11.6. The molecule has 0 radical (unpaired) electrons. The van der Waals surface area contributed by atoms with E-state index in [0.29, 0.717) is 5.02 Å². The van der Waals surface area contributed by atoms with Crippen molar-refractivity contribution in [3.63, 3.8) is 0 Å². The minimum Gasteiger partial charge on any atom is -0.506 e. The predicted octanol–water partition coefficient (Wildman–Crippen LogP) is 5.89. The first-order valence-electron chi connectivity index (χ1n) is 7.89. The van der Waals surface area contributed by atoms with E-state index >= 15 is 0 Å². The van der Waals surface area contributed by atoms with Gasteiger partial charge in [-0.2, -0.15) is 8.42 Å². The lowest BCUT2D eigenvalue weighted by molar-refractivity contribution is 0.455. The van der Waals surface area contributed by atoms with Crippen LogP contribution in [0, 0.1) is 0 Å². The molecule has 3 aromatic rings. The Morgan fingerprint density at radius 1 is 0.759 bits per heavy atom. The van der Waals surface area contributed by atoms with Gasteiger partial charge in [-0.1, -0.05) is 70.7 Å². The van der Waals surface area contributed by atoms with Crippen LogP contribution in [0.4, 0.5) is 0 Å². The van der Waals surface area contributed by atoms with Crippen LogP contribution in [0.25, 0.3) is 0 Å². The van der Waals surface area contributed by atoms with Crippen molar-refractivity contribution in [2.24, 2.45) is 0 Å². The van der Waals surface area contributed by atoms with Crippen LogP contribution in [0.3, 0.4) is 0 Å². The van der Waals surface area contributed by atoms with Gasteiger partial charge in [0.2, 0.25) is 0 Å². The molecule has 0 amide bonds. The molecular formula is C19H12Cl4O5S. The molecule has 0 saturated heterocycles. The molecular weight excluding hydrogens is 482 g/mol. The Hall–Kier alpha value is -1.67. The molecule has 0 spiro atoms. The van der Waals surface area contributed by atoms with Gasteiger partial charge < -0.3 is 10.2 Å². The topological polar surface area (TPSA) is 94.8 Å². The molecule has 10 heteroatoms. The molecule has 152 valence electrons. The maximum absolute atomic E-state index is 13.0. The summed E-state index contributed by atoms with van der Waals surface area (Å²) >= 11 is 24.4. The van der Waals surface area contributed by atoms with Crippen LogP contribution in [-0.2, 0) is 14.9 Å². The van der Waals surface area contributed by atoms with Gasteiger partial charge in [0.1, 0.15) is 11.5 Å². The van der Waals surface area contributed by atoms with Gasteiger partial charge in [0.25, 0.3) is 10.1 Å². The van der Waals surface area contributed by atoms with Crippen molar-refractivity contribution in [2.45, 2.75) is 4.75 Å². The Bertz CT molecular complexity index is 1200. The smallest absolute Gasteiger partial charge is 0.283 e. The highest BCUT2D eigenvalue weighted by Gasteiger charge is 2.51. The zero-order chi connectivity index (χ0) is 21.6. The fraction of sp³-hybridized carbons (Fsp3) is 0.0526. The van der Waals surface area contributed by atoms with Crippen molar-refractivity contribution in [1.29, 1.82) is 0 Å². The lowest BCUT2D eigenvalue weighted by Crippen LogP contribution is -2.38. The van der Waals surface area contributed by atoms with E-state index in [0.717, 1.165) is 12.1 Å². The summed E-state index contributed by atoms with van der Waals surface area (Å²) in [5, 5.41) is 19.9. The molecule has 0 aliphatic rings. The van der Waals surface area contributed by atoms with Gasteiger partial charge in [-0.25, -0.2) is 0 Å². The molecule has 1 atom stereocenters. The Morgan fingerprint density at radius 2 is 1.38 bits per heavy atom. The number of rotatable bonds is 4. The molecule has 0 aliphatic heterocycles. The van der Waals surface area contributed by atoms with Crippen LogP contribution < -0.4 is 0 Å². The van der Waals surface area contributed by atoms with Crippen LogP contribution in [0.5, 0.6) is 11.5 Å². The Kier molecular flexibility index (Phi) is 5.98. The molecule has 0 bridgehead atoms. The molecule has 0 saturated carbocycles. The number of halogens is 4. The molecule has 29 heavy (non-hydrogen) atoms. The molecule has 3 rings (SSSR count). The van der Waals surface area contributed by atoms with Gasteiger partial charge in [-0.15, -0.1) is 0 Å². The summed E-state index contributed by atoms with van der Waals surface area (Å²) in [6.45, 7) is 0. The fourth-order valence-electron chi connectivity index (χ4n) is 3.17. The van der Waals surface area contributed by atoms with Crippen LogP contribution in [0.2, 0.25) is 20.1 Å². The van der Waals surface area contributed by atoms with E-state index in [1.54, 1.807) is 0 Å². The zero-order valence-electron chi connectivity index (χ0n) is 14.3. The van der Waals surface area contributed by atoms with E-state index in [2.05, 4.69) is 0 Å². The van der Waals surface area contributed by atoms with Crippen molar-refractivity contribution in [3.8, 4) is 11.5 Å². The monoisotopic (exact) mass is 492 g/mol. The van der Waals surface area contributed by atoms with Gasteiger partial charge in [-0.05, 0) is 35.9 Å². The Balaban J connectivity index is 2.61. The molecule has 1 unspecified atom stereocenters. The van der Waals surface area contributed by atoms with Gasteiger partial charge in [0.05, 0.1) is 10.0 Å². The number of phenols is 2. The second-order valence-electron chi connectivity index (χ2n) is 6.09. The summed E-state index contributed by atoms with van der Waals surface area (Å²) in [4.78, 5) is 0. The Labute approximate surface area is 186 Å². The van der Waals surface area contributed by atoms with Crippen molar-refractivity contribution >= 4 is 56.5 Å². The van der Waals surface area contributed by atoms with Crippen molar-refractivity contribution < 1.29 is 23.2 Å². The van der Waals surface area contributed by atoms with Crippen molar-refractivity contribution in [2.75, 3.05) is 0 Å². The number of phenolic OH excluding ortho intramolecular Hbond substituents is 2. The van der Waals surface area contributed by atoms with E-state index in [9.17, 15) is 23.2 Å². The largest absolute Gasteiger partial charge is 0.506 e. The molecule has 0 heterocycles. The molecule has 3 N–H and O–H groups in total. The fourth-order valence-corrected chi connectivity index (χ4v) is 5.53. The third-order valence-corrected chi connectivity index (χ3v) is 7.13. The Morgan fingerprint density at radius 3 is 1.97 bits per heavy atom. The highest BCUT2D eigenvalue weighted by molar-refractivity contribution is 7.87. The summed E-state index contributed by atoms with van der Waals surface area (Å²) < 4.78 is 34.0. The maximum atomic E-state index is 13.0. The second kappa shape index (κ2) is 7.87. The van der Waals surface area contributed by atoms with Crippen LogP contribution in [0.15, 0.2) is 54.6 Å². The lowest BCUT2D eigenvalue weighted by atomic mass is 9.83. The molecule has 0 aliphatic carbocycles. The van der Waals surface area contributed by atoms with Crippen molar-refractivity contribution in [1.82, 2.24) is 0 Å². The number of hydrogen-bond acceptors (Lipinski definition) is 4. The molecule has 0 fully saturated rings. The first-order chi connectivity index (χ1) is 13.5. The van der Waals surface area contributed by atoms with Crippen LogP contribution >= 0.6 is 46.4 Å². The minimum absolute atomic E-state index is 0.0144. The highest BCUT2D eigenvalue weighted by atomic mass is 35.5. The summed E-state index contributed by atoms with van der Waals surface area (Å²) in [7, 11) is -5.07. The summed E-state index contributed by atoms with van der Waals surface area (Å²) in [6.07, 6.45) is 0. The third-order valence-electron chi connectivity index (χ3n) is 4.41. The first-order valence-corrected chi connectivity index (χ1v) is 10.8. The molecule has 3 aromatic carbocycles. The van der Waals surface area contributed by atoms with E-state index in [4.69, 9.17) is 46.4 Å². The number of hydrogen-bond donors (Lipinski definition) is 3. The van der Waals surface area contributed by atoms with E-state index < -0.39 is 26.4 Å². The molecule has 5 nitrogen and oxygen atoms in total. The van der Waals surface area contributed by atoms with Crippen LogP contribution in [-0.4, -0.2) is 23.2 Å². The normalized spacial score (nSPS) is 13.8. The average molecular weight is 494 g/mol. The zero-order valence-corrected chi connectivity index (χ0v) is 18.1. The predicted molar refractivity (Wildman–Crippen MR) is 114 cm³/mol. The first kappa shape index (κ1) is 22.0. The quantitative estimate of drug-likeness (QED) is 0.311. The third kappa shape index (κ3) is 3.65. The molecule has 0 aromatic heterocycles. The minimum atomic E-state index is -5.07. The SMILES string of the molecule is O=S(=O)(O)C(c1ccc(Cl)cc1)(c1cc(O)c(Cl)cc1Cl)c1cccc(O)c1Cl. The van der Waals surface area contributed by atoms with Gasteiger partial charge in [0, 0.05) is 21.2 Å². The second-order valence-corrected chi connectivity index (χ2v) is 9.28.